The molecular formula is C12H19NO2S. The standard InChI is InChI=1S/C12H19NO2S/c1-15-9-3-2-8-13-12(14)7-6-11-5-4-10-16-11/h4-5,10H,2-3,6-9H2,1H3,(H,13,14). The van der Waals surface area contributed by atoms with Crippen LogP contribution in [-0.2, 0) is 16.0 Å². The van der Waals surface area contributed by atoms with Gasteiger partial charge in [-0.15, -0.1) is 11.3 Å². The summed E-state index contributed by atoms with van der Waals surface area (Å²) in [5, 5.41) is 4.95. The third-order valence-electron chi connectivity index (χ3n) is 2.28. The van der Waals surface area contributed by atoms with Crippen molar-refractivity contribution in [2.24, 2.45) is 0 Å². The summed E-state index contributed by atoms with van der Waals surface area (Å²) in [5.41, 5.74) is 0. The fourth-order valence-electron chi connectivity index (χ4n) is 1.38. The van der Waals surface area contributed by atoms with E-state index in [-0.39, 0.29) is 5.91 Å². The molecule has 1 amide bonds. The van der Waals surface area contributed by atoms with Gasteiger partial charge in [-0.2, -0.15) is 0 Å². The first-order valence-corrected chi connectivity index (χ1v) is 6.49. The topological polar surface area (TPSA) is 38.3 Å². The van der Waals surface area contributed by atoms with Crippen molar-refractivity contribution in [2.75, 3.05) is 20.3 Å². The maximum atomic E-state index is 11.4. The molecule has 0 spiro atoms. The molecule has 90 valence electrons. The maximum Gasteiger partial charge on any atom is 0.220 e. The zero-order valence-electron chi connectivity index (χ0n) is 9.70. The van der Waals surface area contributed by atoms with Crippen LogP contribution in [0.2, 0.25) is 0 Å². The van der Waals surface area contributed by atoms with Crippen LogP contribution in [-0.4, -0.2) is 26.2 Å². The number of rotatable bonds is 8. The van der Waals surface area contributed by atoms with Gasteiger partial charge in [0.05, 0.1) is 0 Å². The molecule has 0 aliphatic carbocycles. The van der Waals surface area contributed by atoms with Crippen molar-refractivity contribution in [1.29, 1.82) is 0 Å². The number of amides is 1. The normalized spacial score (nSPS) is 10.3. The Hall–Kier alpha value is -0.870. The van der Waals surface area contributed by atoms with Crippen LogP contribution in [0, 0.1) is 0 Å². The minimum Gasteiger partial charge on any atom is -0.385 e. The van der Waals surface area contributed by atoms with Crippen LogP contribution in [0.15, 0.2) is 17.5 Å². The number of methoxy groups -OCH3 is 1. The lowest BCUT2D eigenvalue weighted by Gasteiger charge is -2.04. The van der Waals surface area contributed by atoms with Crippen LogP contribution in [0.4, 0.5) is 0 Å². The smallest absolute Gasteiger partial charge is 0.220 e. The molecule has 0 saturated heterocycles. The number of hydrogen-bond donors (Lipinski definition) is 1. The Morgan fingerprint density at radius 1 is 1.50 bits per heavy atom. The average Bonchev–Trinajstić information content (AvgIpc) is 2.79. The van der Waals surface area contributed by atoms with Gasteiger partial charge in [-0.25, -0.2) is 0 Å². The summed E-state index contributed by atoms with van der Waals surface area (Å²) >= 11 is 1.70. The Bertz CT molecular complexity index is 285. The zero-order valence-corrected chi connectivity index (χ0v) is 10.5. The van der Waals surface area contributed by atoms with E-state index in [1.807, 2.05) is 11.4 Å². The summed E-state index contributed by atoms with van der Waals surface area (Å²) in [7, 11) is 1.69. The van der Waals surface area contributed by atoms with Gasteiger partial charge in [-0.3, -0.25) is 4.79 Å². The maximum absolute atomic E-state index is 11.4. The molecule has 1 N–H and O–H groups in total. The predicted octanol–water partition coefficient (Wildman–Crippen LogP) is 2.22. The van der Waals surface area contributed by atoms with Crippen LogP contribution in [0.3, 0.4) is 0 Å². The summed E-state index contributed by atoms with van der Waals surface area (Å²) in [6.45, 7) is 1.53. The summed E-state index contributed by atoms with van der Waals surface area (Å²) in [5.74, 6) is 0.144. The van der Waals surface area contributed by atoms with E-state index in [1.54, 1.807) is 18.4 Å². The highest BCUT2D eigenvalue weighted by Gasteiger charge is 2.01. The Balaban J connectivity index is 1.99. The molecule has 0 atom stereocenters. The van der Waals surface area contributed by atoms with E-state index in [2.05, 4.69) is 11.4 Å². The number of nitrogens with one attached hydrogen (secondary N) is 1. The number of thiophene rings is 1. The molecule has 1 rings (SSSR count). The van der Waals surface area contributed by atoms with E-state index >= 15 is 0 Å². The summed E-state index contributed by atoms with van der Waals surface area (Å²) in [6.07, 6.45) is 3.42. The Kier molecular flexibility index (Phi) is 6.85. The first-order chi connectivity index (χ1) is 7.83. The van der Waals surface area contributed by atoms with Gasteiger partial charge >= 0.3 is 0 Å². The number of carbonyl (C=O) groups excluding carboxylic acids is 1. The SMILES string of the molecule is COCCCCNC(=O)CCc1cccs1. The quantitative estimate of drug-likeness (QED) is 0.709. The van der Waals surface area contributed by atoms with Crippen molar-refractivity contribution in [2.45, 2.75) is 25.7 Å². The van der Waals surface area contributed by atoms with Crippen LogP contribution >= 0.6 is 11.3 Å². The van der Waals surface area contributed by atoms with Crippen LogP contribution in [0.5, 0.6) is 0 Å². The monoisotopic (exact) mass is 241 g/mol. The van der Waals surface area contributed by atoms with Crippen molar-refractivity contribution in [1.82, 2.24) is 5.32 Å². The zero-order chi connectivity index (χ0) is 11.6. The molecule has 1 aromatic rings. The Labute approximate surface area is 101 Å². The largest absolute Gasteiger partial charge is 0.385 e. The van der Waals surface area contributed by atoms with E-state index in [1.165, 1.54) is 4.88 Å². The lowest BCUT2D eigenvalue weighted by Crippen LogP contribution is -2.24. The lowest BCUT2D eigenvalue weighted by atomic mass is 10.2. The number of ether oxygens (including phenoxy) is 1. The number of unbranched alkanes of at least 4 members (excludes halogenated alkanes) is 1. The molecule has 0 aromatic carbocycles. The highest BCUT2D eigenvalue weighted by atomic mass is 32.1. The second kappa shape index (κ2) is 8.30. The third kappa shape index (κ3) is 5.88. The molecule has 0 aliphatic rings. The van der Waals surface area contributed by atoms with Crippen molar-refractivity contribution >= 4 is 17.2 Å². The Morgan fingerprint density at radius 3 is 3.06 bits per heavy atom. The van der Waals surface area contributed by atoms with Crippen molar-refractivity contribution in [3.8, 4) is 0 Å². The summed E-state index contributed by atoms with van der Waals surface area (Å²) in [6, 6.07) is 4.08. The van der Waals surface area contributed by atoms with Gasteiger partial charge in [0.15, 0.2) is 0 Å². The highest BCUT2D eigenvalue weighted by molar-refractivity contribution is 7.09. The lowest BCUT2D eigenvalue weighted by molar-refractivity contribution is -0.121. The molecule has 0 fully saturated rings. The Morgan fingerprint density at radius 2 is 2.38 bits per heavy atom. The van der Waals surface area contributed by atoms with Crippen LogP contribution in [0.1, 0.15) is 24.1 Å². The highest BCUT2D eigenvalue weighted by Crippen LogP contribution is 2.10. The van der Waals surface area contributed by atoms with E-state index in [0.29, 0.717) is 6.42 Å². The summed E-state index contributed by atoms with van der Waals surface area (Å²) in [4.78, 5) is 12.7. The van der Waals surface area contributed by atoms with Crippen molar-refractivity contribution in [3.05, 3.63) is 22.4 Å². The molecule has 0 unspecified atom stereocenters. The first kappa shape index (κ1) is 13.2. The molecule has 0 bridgehead atoms. The van der Waals surface area contributed by atoms with Gasteiger partial charge in [-0.05, 0) is 30.7 Å². The van der Waals surface area contributed by atoms with Gasteiger partial charge in [0.1, 0.15) is 0 Å². The fraction of sp³-hybridized carbons (Fsp3) is 0.583. The van der Waals surface area contributed by atoms with Crippen molar-refractivity contribution < 1.29 is 9.53 Å². The van der Waals surface area contributed by atoms with E-state index < -0.39 is 0 Å². The number of carbonyl (C=O) groups is 1. The summed E-state index contributed by atoms with van der Waals surface area (Å²) < 4.78 is 4.93. The molecule has 16 heavy (non-hydrogen) atoms. The van der Waals surface area contributed by atoms with Crippen molar-refractivity contribution in [3.63, 3.8) is 0 Å². The van der Waals surface area contributed by atoms with E-state index in [4.69, 9.17) is 4.74 Å². The fourth-order valence-corrected chi connectivity index (χ4v) is 2.09. The van der Waals surface area contributed by atoms with E-state index in [9.17, 15) is 4.79 Å². The molecule has 0 aliphatic heterocycles. The molecule has 1 heterocycles. The van der Waals surface area contributed by atoms with Gasteiger partial charge < -0.3 is 10.1 Å². The van der Waals surface area contributed by atoms with E-state index in [0.717, 1.165) is 32.4 Å². The predicted molar refractivity (Wildman–Crippen MR) is 66.8 cm³/mol. The molecule has 4 heteroatoms. The molecule has 0 saturated carbocycles. The van der Waals surface area contributed by atoms with Gasteiger partial charge in [0.2, 0.25) is 5.91 Å². The number of hydrogen-bond acceptors (Lipinski definition) is 3. The first-order valence-electron chi connectivity index (χ1n) is 5.61. The van der Waals surface area contributed by atoms with Gasteiger partial charge in [-0.1, -0.05) is 6.07 Å². The third-order valence-corrected chi connectivity index (χ3v) is 3.21. The molecular weight excluding hydrogens is 222 g/mol. The second-order valence-electron chi connectivity index (χ2n) is 3.63. The van der Waals surface area contributed by atoms with Gasteiger partial charge in [0.25, 0.3) is 0 Å². The molecule has 1 aromatic heterocycles. The van der Waals surface area contributed by atoms with Gasteiger partial charge in [0, 0.05) is 31.6 Å². The average molecular weight is 241 g/mol. The minimum atomic E-state index is 0.144. The second-order valence-corrected chi connectivity index (χ2v) is 4.66. The molecule has 3 nitrogen and oxygen atoms in total. The van der Waals surface area contributed by atoms with Crippen LogP contribution in [0.25, 0.3) is 0 Å². The number of aryl methyl sites for hydroxylation is 1. The molecule has 0 radical (unpaired) electrons. The minimum absolute atomic E-state index is 0.144. The van der Waals surface area contributed by atoms with Crippen LogP contribution < -0.4 is 5.32 Å².